The van der Waals surface area contributed by atoms with Gasteiger partial charge < -0.3 is 19.7 Å². The van der Waals surface area contributed by atoms with Crippen molar-refractivity contribution in [1.82, 2.24) is 5.32 Å². The van der Waals surface area contributed by atoms with Crippen LogP contribution in [-0.4, -0.2) is 40.3 Å². The lowest BCUT2D eigenvalue weighted by molar-refractivity contribution is -0.885. The summed E-state index contributed by atoms with van der Waals surface area (Å²) in [5, 5.41) is 4.17. The maximum atomic E-state index is 12.3. The third-order valence-corrected chi connectivity index (χ3v) is 5.12. The van der Waals surface area contributed by atoms with E-state index in [9.17, 15) is 4.79 Å². The number of carbonyl (C=O) groups is 1. The highest BCUT2D eigenvalue weighted by Crippen LogP contribution is 2.29. The van der Waals surface area contributed by atoms with Crippen molar-refractivity contribution in [1.29, 1.82) is 0 Å². The number of nitrogens with one attached hydrogen (secondary N) is 2. The van der Waals surface area contributed by atoms with E-state index in [-0.39, 0.29) is 5.91 Å². The minimum absolute atomic E-state index is 0.000663. The number of aryl methyl sites for hydroxylation is 1. The molecule has 0 radical (unpaired) electrons. The van der Waals surface area contributed by atoms with Crippen LogP contribution in [0.1, 0.15) is 16.7 Å². The molecule has 2 aromatic rings. The molecule has 28 heavy (non-hydrogen) atoms. The topological polar surface area (TPSA) is 52.0 Å². The van der Waals surface area contributed by atoms with Gasteiger partial charge in [0.1, 0.15) is 6.54 Å². The summed E-state index contributed by atoms with van der Waals surface area (Å²) in [6.45, 7) is 3.65. The van der Waals surface area contributed by atoms with Crippen LogP contribution in [0.3, 0.4) is 0 Å². The van der Waals surface area contributed by atoms with Crippen LogP contribution in [0.15, 0.2) is 30.3 Å². The third-order valence-electron chi connectivity index (χ3n) is 4.53. The molecule has 0 spiro atoms. The van der Waals surface area contributed by atoms with Crippen LogP contribution in [0, 0.1) is 6.92 Å². The molecule has 0 aliphatic carbocycles. The first kappa shape index (κ1) is 22.3. The highest BCUT2D eigenvalue weighted by molar-refractivity contribution is 6.35. The third kappa shape index (κ3) is 6.30. The number of halogens is 2. The number of hydrogen-bond acceptors (Lipinski definition) is 3. The number of quaternary nitrogens is 1. The molecule has 2 aromatic carbocycles. The lowest BCUT2D eigenvalue weighted by Crippen LogP contribution is -3.09. The molecule has 1 unspecified atom stereocenters. The summed E-state index contributed by atoms with van der Waals surface area (Å²) >= 11 is 12.1. The molecule has 0 saturated heterocycles. The molecule has 0 aliphatic heterocycles. The van der Waals surface area contributed by atoms with Gasteiger partial charge in [0.15, 0.2) is 18.0 Å². The fraction of sp³-hybridized carbons (Fsp3) is 0.381. The van der Waals surface area contributed by atoms with Gasteiger partial charge in [-0.3, -0.25) is 4.79 Å². The first-order chi connectivity index (χ1) is 13.3. The minimum atomic E-state index is 0.000663. The number of amides is 1. The molecule has 152 valence electrons. The Morgan fingerprint density at radius 3 is 2.39 bits per heavy atom. The Morgan fingerprint density at radius 2 is 1.75 bits per heavy atom. The van der Waals surface area contributed by atoms with E-state index >= 15 is 0 Å². The summed E-state index contributed by atoms with van der Waals surface area (Å²) in [5.41, 5.74) is 3.19. The van der Waals surface area contributed by atoms with Crippen molar-refractivity contribution in [3.05, 3.63) is 57.1 Å². The summed E-state index contributed by atoms with van der Waals surface area (Å²) in [6.07, 6.45) is 0.662. The van der Waals surface area contributed by atoms with Crippen LogP contribution >= 0.6 is 23.2 Å². The first-order valence-corrected chi connectivity index (χ1v) is 9.83. The Bertz CT molecular complexity index is 828. The fourth-order valence-electron chi connectivity index (χ4n) is 3.00. The quantitative estimate of drug-likeness (QED) is 0.649. The second-order valence-electron chi connectivity index (χ2n) is 6.78. The maximum absolute atomic E-state index is 12.3. The number of methoxy groups -OCH3 is 2. The molecule has 7 heteroatoms. The van der Waals surface area contributed by atoms with Crippen LogP contribution in [0.25, 0.3) is 0 Å². The highest BCUT2D eigenvalue weighted by atomic mass is 35.5. The zero-order valence-electron chi connectivity index (χ0n) is 16.7. The summed E-state index contributed by atoms with van der Waals surface area (Å²) in [6, 6.07) is 9.32. The molecule has 1 amide bonds. The van der Waals surface area contributed by atoms with E-state index in [4.69, 9.17) is 32.7 Å². The van der Waals surface area contributed by atoms with Gasteiger partial charge >= 0.3 is 0 Å². The summed E-state index contributed by atoms with van der Waals surface area (Å²) in [4.78, 5) is 13.3. The Labute approximate surface area is 176 Å². The van der Waals surface area contributed by atoms with E-state index in [0.717, 1.165) is 21.6 Å². The fourth-order valence-corrected chi connectivity index (χ4v) is 3.50. The zero-order chi connectivity index (χ0) is 20.7. The van der Waals surface area contributed by atoms with E-state index < -0.39 is 0 Å². The van der Waals surface area contributed by atoms with E-state index in [0.29, 0.717) is 47.6 Å². The van der Waals surface area contributed by atoms with Crippen molar-refractivity contribution >= 4 is 29.1 Å². The second kappa shape index (κ2) is 10.6. The molecule has 0 heterocycles. The summed E-state index contributed by atoms with van der Waals surface area (Å²) < 4.78 is 10.7. The van der Waals surface area contributed by atoms with Crippen LogP contribution in [-0.2, 0) is 17.8 Å². The number of rotatable bonds is 9. The predicted octanol–water partition coefficient (Wildman–Crippen LogP) is 2.69. The van der Waals surface area contributed by atoms with Crippen molar-refractivity contribution in [3.8, 4) is 11.5 Å². The van der Waals surface area contributed by atoms with Crippen molar-refractivity contribution < 1.29 is 19.2 Å². The van der Waals surface area contributed by atoms with Gasteiger partial charge in [-0.2, -0.15) is 0 Å². The number of ether oxygens (including phenoxy) is 2. The Hall–Kier alpha value is -1.95. The van der Waals surface area contributed by atoms with Gasteiger partial charge in [0.05, 0.1) is 21.3 Å². The molecular formula is C21H27Cl2N2O3+. The Kier molecular flexibility index (Phi) is 8.42. The number of likely N-dealkylation sites (N-methyl/N-ethyl adjacent to an activating group) is 1. The van der Waals surface area contributed by atoms with Crippen LogP contribution < -0.4 is 19.7 Å². The standard InChI is InChI=1S/C21H26Cl2N2O3/c1-14-9-19(27-3)20(28-4)10-16(14)12-25(2)13-21(26)24-8-7-15-5-6-17(22)11-18(15)23/h5-6,9-11H,7-8,12-13H2,1-4H3,(H,24,26)/p+1. The minimum Gasteiger partial charge on any atom is -0.493 e. The predicted molar refractivity (Wildman–Crippen MR) is 113 cm³/mol. The molecule has 1 atom stereocenters. The Morgan fingerprint density at radius 1 is 1.07 bits per heavy atom. The molecule has 2 N–H and O–H groups in total. The molecule has 5 nitrogen and oxygen atoms in total. The van der Waals surface area contributed by atoms with Gasteiger partial charge in [-0.25, -0.2) is 0 Å². The smallest absolute Gasteiger partial charge is 0.275 e. The maximum Gasteiger partial charge on any atom is 0.275 e. The van der Waals surface area contributed by atoms with Gasteiger partial charge in [-0.1, -0.05) is 29.3 Å². The molecule has 0 fully saturated rings. The van der Waals surface area contributed by atoms with Crippen molar-refractivity contribution in [2.24, 2.45) is 0 Å². The number of benzene rings is 2. The van der Waals surface area contributed by atoms with Crippen molar-refractivity contribution in [3.63, 3.8) is 0 Å². The van der Waals surface area contributed by atoms with Gasteiger partial charge in [0.25, 0.3) is 5.91 Å². The molecule has 0 bridgehead atoms. The monoisotopic (exact) mass is 425 g/mol. The second-order valence-corrected chi connectivity index (χ2v) is 7.62. The van der Waals surface area contributed by atoms with Crippen molar-refractivity contribution in [2.45, 2.75) is 19.9 Å². The van der Waals surface area contributed by atoms with Gasteiger partial charge in [0.2, 0.25) is 0 Å². The summed E-state index contributed by atoms with van der Waals surface area (Å²) in [5.74, 6) is 1.40. The zero-order valence-corrected chi connectivity index (χ0v) is 18.2. The van der Waals surface area contributed by atoms with E-state index in [1.54, 1.807) is 26.4 Å². The largest absolute Gasteiger partial charge is 0.493 e. The number of hydrogen-bond donors (Lipinski definition) is 2. The first-order valence-electron chi connectivity index (χ1n) is 9.07. The van der Waals surface area contributed by atoms with Crippen molar-refractivity contribution in [2.75, 3.05) is 34.4 Å². The van der Waals surface area contributed by atoms with Gasteiger partial charge in [0, 0.05) is 22.2 Å². The Balaban J connectivity index is 1.85. The molecule has 0 aliphatic rings. The number of carbonyl (C=O) groups excluding carboxylic acids is 1. The molecule has 2 rings (SSSR count). The molecular weight excluding hydrogens is 399 g/mol. The SMILES string of the molecule is COc1cc(C)c(C[NH+](C)CC(=O)NCCc2ccc(Cl)cc2Cl)cc1OC. The lowest BCUT2D eigenvalue weighted by Gasteiger charge is -2.17. The normalized spacial score (nSPS) is 11.8. The highest BCUT2D eigenvalue weighted by Gasteiger charge is 2.15. The lowest BCUT2D eigenvalue weighted by atomic mass is 10.1. The van der Waals surface area contributed by atoms with Gasteiger partial charge in [-0.05, 0) is 48.7 Å². The van der Waals surface area contributed by atoms with Crippen LogP contribution in [0.4, 0.5) is 0 Å². The van der Waals surface area contributed by atoms with E-state index in [1.165, 1.54) is 0 Å². The average Bonchev–Trinajstić information content (AvgIpc) is 2.64. The molecule has 0 saturated carbocycles. The van der Waals surface area contributed by atoms with E-state index in [2.05, 4.69) is 5.32 Å². The van der Waals surface area contributed by atoms with Crippen LogP contribution in [0.5, 0.6) is 11.5 Å². The summed E-state index contributed by atoms with van der Waals surface area (Å²) in [7, 11) is 5.23. The van der Waals surface area contributed by atoms with E-state index in [1.807, 2.05) is 32.2 Å². The van der Waals surface area contributed by atoms with Crippen LogP contribution in [0.2, 0.25) is 10.0 Å². The average molecular weight is 426 g/mol. The molecule has 0 aromatic heterocycles. The van der Waals surface area contributed by atoms with Gasteiger partial charge in [-0.15, -0.1) is 0 Å².